The van der Waals surface area contributed by atoms with Crippen LogP contribution >= 0.6 is 0 Å². The fraction of sp³-hybridized carbons (Fsp3) is 0.211. The first kappa shape index (κ1) is 17.5. The molecule has 0 radical (unpaired) electrons. The summed E-state index contributed by atoms with van der Waals surface area (Å²) in [6, 6.07) is 10.5. The summed E-state index contributed by atoms with van der Waals surface area (Å²) in [5.74, 6) is 1.30. The fourth-order valence-corrected chi connectivity index (χ4v) is 2.44. The molecular weight excluding hydrogens is 334 g/mol. The zero-order valence-corrected chi connectivity index (χ0v) is 14.5. The summed E-state index contributed by atoms with van der Waals surface area (Å²) in [7, 11) is 0. The van der Waals surface area contributed by atoms with Crippen molar-refractivity contribution in [2.75, 3.05) is 0 Å². The number of ether oxygens (including phenoxy) is 1. The molecule has 2 aromatic heterocycles. The number of hydrogen-bond donors (Lipinski definition) is 2. The second kappa shape index (κ2) is 7.69. The van der Waals surface area contributed by atoms with Crippen molar-refractivity contribution in [1.29, 1.82) is 0 Å². The Hall–Kier alpha value is -3.35. The number of aryl methyl sites for hydroxylation is 2. The van der Waals surface area contributed by atoms with E-state index in [1.54, 1.807) is 13.0 Å². The van der Waals surface area contributed by atoms with Crippen molar-refractivity contribution in [3.05, 3.63) is 81.4 Å². The average molecular weight is 353 g/mol. The Kier molecular flexibility index (Phi) is 5.17. The molecule has 26 heavy (non-hydrogen) atoms. The molecule has 0 unspecified atom stereocenters. The Morgan fingerprint density at radius 1 is 1.23 bits per heavy atom. The molecule has 0 saturated heterocycles. The normalized spacial score (nSPS) is 10.5. The van der Waals surface area contributed by atoms with E-state index >= 15 is 0 Å². The molecule has 1 aromatic carbocycles. The van der Waals surface area contributed by atoms with Crippen LogP contribution in [0.25, 0.3) is 0 Å². The molecule has 7 nitrogen and oxygen atoms in total. The lowest BCUT2D eigenvalue weighted by molar-refractivity contribution is 0.0946. The molecule has 0 aliphatic rings. The number of carbonyl (C=O) groups excluding carboxylic acids is 1. The van der Waals surface area contributed by atoms with Crippen molar-refractivity contribution in [1.82, 2.24) is 15.3 Å². The molecular formula is C19H19N3O4. The molecule has 1 amide bonds. The van der Waals surface area contributed by atoms with Crippen molar-refractivity contribution >= 4 is 5.91 Å². The predicted octanol–water partition coefficient (Wildman–Crippen LogP) is 2.49. The van der Waals surface area contributed by atoms with Crippen molar-refractivity contribution in [3.8, 4) is 5.75 Å². The topological polar surface area (TPSA) is 97.2 Å². The van der Waals surface area contributed by atoms with Crippen LogP contribution in [-0.4, -0.2) is 15.9 Å². The Morgan fingerprint density at radius 2 is 2.00 bits per heavy atom. The van der Waals surface area contributed by atoms with Crippen molar-refractivity contribution in [3.63, 3.8) is 0 Å². The van der Waals surface area contributed by atoms with Gasteiger partial charge in [0.1, 0.15) is 18.2 Å². The molecule has 0 spiro atoms. The van der Waals surface area contributed by atoms with Crippen molar-refractivity contribution in [2.24, 2.45) is 0 Å². The van der Waals surface area contributed by atoms with Gasteiger partial charge in [-0.2, -0.15) is 0 Å². The van der Waals surface area contributed by atoms with Gasteiger partial charge in [-0.05, 0) is 32.0 Å². The number of carbonyl (C=O) groups is 1. The predicted molar refractivity (Wildman–Crippen MR) is 95.0 cm³/mol. The first-order chi connectivity index (χ1) is 12.5. The molecule has 3 aromatic rings. The van der Waals surface area contributed by atoms with Gasteiger partial charge >= 0.3 is 0 Å². The lowest BCUT2D eigenvalue weighted by atomic mass is 10.2. The Bertz CT molecular complexity index is 957. The van der Waals surface area contributed by atoms with Gasteiger partial charge in [0, 0.05) is 6.07 Å². The standard InChI is InChI=1S/C19H19N3O4/c1-12-3-5-15(6-4-12)26-11-17-16(7-8-25-17)19(24)20-10-14-9-18(23)22-13(2)21-14/h3-9H,10-11H2,1-2H3,(H,20,24)(H,21,22,23). The number of amides is 1. The highest BCUT2D eigenvalue weighted by Gasteiger charge is 2.15. The van der Waals surface area contributed by atoms with E-state index in [0.717, 1.165) is 5.56 Å². The number of hydrogen-bond acceptors (Lipinski definition) is 5. The number of furan rings is 1. The highest BCUT2D eigenvalue weighted by atomic mass is 16.5. The third-order valence-electron chi connectivity index (χ3n) is 3.72. The van der Waals surface area contributed by atoms with Gasteiger partial charge in [0.05, 0.1) is 24.1 Å². The van der Waals surface area contributed by atoms with Gasteiger partial charge in [-0.25, -0.2) is 4.98 Å². The molecule has 3 rings (SSSR count). The van der Waals surface area contributed by atoms with E-state index in [1.807, 2.05) is 31.2 Å². The molecule has 2 N–H and O–H groups in total. The monoisotopic (exact) mass is 353 g/mol. The first-order valence-electron chi connectivity index (χ1n) is 8.12. The Morgan fingerprint density at radius 3 is 2.73 bits per heavy atom. The van der Waals surface area contributed by atoms with Crippen LogP contribution < -0.4 is 15.6 Å². The summed E-state index contributed by atoms with van der Waals surface area (Å²) in [4.78, 5) is 30.6. The van der Waals surface area contributed by atoms with Crippen LogP contribution in [0.4, 0.5) is 0 Å². The summed E-state index contributed by atoms with van der Waals surface area (Å²) in [5, 5.41) is 2.73. The van der Waals surface area contributed by atoms with Gasteiger partial charge in [-0.1, -0.05) is 17.7 Å². The van der Waals surface area contributed by atoms with Gasteiger partial charge in [0.15, 0.2) is 5.76 Å². The summed E-state index contributed by atoms with van der Waals surface area (Å²) >= 11 is 0. The molecule has 134 valence electrons. The second-order valence-electron chi connectivity index (χ2n) is 5.86. The van der Waals surface area contributed by atoms with Gasteiger partial charge in [-0.15, -0.1) is 0 Å². The SMILES string of the molecule is Cc1ccc(OCc2occc2C(=O)NCc2cc(=O)[nH]c(C)n2)cc1. The lowest BCUT2D eigenvalue weighted by Gasteiger charge is -2.07. The van der Waals surface area contributed by atoms with E-state index in [9.17, 15) is 9.59 Å². The molecule has 0 fully saturated rings. The third-order valence-corrected chi connectivity index (χ3v) is 3.72. The smallest absolute Gasteiger partial charge is 0.255 e. The zero-order chi connectivity index (χ0) is 18.5. The minimum absolute atomic E-state index is 0.140. The van der Waals surface area contributed by atoms with Crippen LogP contribution in [0.3, 0.4) is 0 Å². The number of benzene rings is 1. The van der Waals surface area contributed by atoms with Crippen molar-refractivity contribution < 1.29 is 13.9 Å². The quantitative estimate of drug-likeness (QED) is 0.710. The number of nitrogens with one attached hydrogen (secondary N) is 2. The number of rotatable bonds is 6. The summed E-state index contributed by atoms with van der Waals surface area (Å²) in [5.41, 5.74) is 1.76. The van der Waals surface area contributed by atoms with Gasteiger partial charge in [0.2, 0.25) is 0 Å². The minimum Gasteiger partial charge on any atom is -0.486 e. The lowest BCUT2D eigenvalue weighted by Crippen LogP contribution is -2.25. The van der Waals surface area contributed by atoms with Crippen LogP contribution in [0.15, 0.2) is 51.9 Å². The molecule has 0 bridgehead atoms. The first-order valence-corrected chi connectivity index (χ1v) is 8.12. The highest BCUT2D eigenvalue weighted by molar-refractivity contribution is 5.95. The summed E-state index contributed by atoms with van der Waals surface area (Å²) < 4.78 is 11.0. The summed E-state index contributed by atoms with van der Waals surface area (Å²) in [6.07, 6.45) is 1.44. The van der Waals surface area contributed by atoms with Crippen LogP contribution in [0.1, 0.15) is 33.2 Å². The van der Waals surface area contributed by atoms with E-state index in [1.165, 1.54) is 12.3 Å². The van der Waals surface area contributed by atoms with E-state index in [0.29, 0.717) is 28.6 Å². The van der Waals surface area contributed by atoms with Crippen LogP contribution in [-0.2, 0) is 13.2 Å². The zero-order valence-electron chi connectivity index (χ0n) is 14.5. The maximum Gasteiger partial charge on any atom is 0.255 e. The van der Waals surface area contributed by atoms with E-state index < -0.39 is 0 Å². The van der Waals surface area contributed by atoms with E-state index in [2.05, 4.69) is 15.3 Å². The average Bonchev–Trinajstić information content (AvgIpc) is 3.07. The Balaban J connectivity index is 1.62. The second-order valence-corrected chi connectivity index (χ2v) is 5.86. The molecule has 0 aliphatic heterocycles. The Labute approximate surface area is 150 Å². The number of nitrogens with zero attached hydrogens (tertiary/aromatic N) is 1. The molecule has 7 heteroatoms. The van der Waals surface area contributed by atoms with Crippen LogP contribution in [0.5, 0.6) is 5.75 Å². The molecule has 0 atom stereocenters. The molecule has 0 saturated carbocycles. The highest BCUT2D eigenvalue weighted by Crippen LogP contribution is 2.17. The van der Waals surface area contributed by atoms with Gasteiger partial charge < -0.3 is 19.5 Å². The molecule has 0 aliphatic carbocycles. The van der Waals surface area contributed by atoms with Gasteiger partial charge in [-0.3, -0.25) is 9.59 Å². The minimum atomic E-state index is -0.319. The fourth-order valence-electron chi connectivity index (χ4n) is 2.44. The number of aromatic nitrogens is 2. The third kappa shape index (κ3) is 4.38. The van der Waals surface area contributed by atoms with Gasteiger partial charge in [0.25, 0.3) is 11.5 Å². The maximum atomic E-state index is 12.4. The van der Waals surface area contributed by atoms with E-state index in [4.69, 9.17) is 9.15 Å². The van der Waals surface area contributed by atoms with Crippen molar-refractivity contribution in [2.45, 2.75) is 27.0 Å². The maximum absolute atomic E-state index is 12.4. The number of aromatic amines is 1. The largest absolute Gasteiger partial charge is 0.486 e. The van der Waals surface area contributed by atoms with E-state index in [-0.39, 0.29) is 24.6 Å². The summed E-state index contributed by atoms with van der Waals surface area (Å²) in [6.45, 7) is 3.97. The van der Waals surface area contributed by atoms with Crippen LogP contribution in [0.2, 0.25) is 0 Å². The number of H-pyrrole nitrogens is 1. The van der Waals surface area contributed by atoms with Crippen LogP contribution in [0, 0.1) is 13.8 Å². The molecule has 2 heterocycles.